The van der Waals surface area contributed by atoms with E-state index in [2.05, 4.69) is 51.5 Å². The smallest absolute Gasteiger partial charge is 0.258 e. The van der Waals surface area contributed by atoms with E-state index in [0.29, 0.717) is 41.1 Å². The van der Waals surface area contributed by atoms with Crippen LogP contribution in [0, 0.1) is 0 Å². The van der Waals surface area contributed by atoms with Crippen LogP contribution in [-0.4, -0.2) is 20.9 Å². The molecule has 0 atom stereocenters. The highest BCUT2D eigenvalue weighted by molar-refractivity contribution is 7.14. The fourth-order valence-corrected chi connectivity index (χ4v) is 3.96. The molecule has 2 N–H and O–H groups in total. The van der Waals surface area contributed by atoms with Gasteiger partial charge in [-0.1, -0.05) is 43.3 Å². The quantitative estimate of drug-likeness (QED) is 0.460. The summed E-state index contributed by atoms with van der Waals surface area (Å²) in [5.41, 5.74) is 3.70. The van der Waals surface area contributed by atoms with Crippen LogP contribution in [0.4, 0.5) is 5.13 Å². The molecule has 0 aliphatic heterocycles. The van der Waals surface area contributed by atoms with Gasteiger partial charge in [-0.05, 0) is 30.5 Å². The van der Waals surface area contributed by atoms with E-state index in [4.69, 9.17) is 0 Å². The zero-order valence-electron chi connectivity index (χ0n) is 16.6. The Morgan fingerprint density at radius 1 is 1.10 bits per heavy atom. The molecule has 0 radical (unpaired) electrons. The summed E-state index contributed by atoms with van der Waals surface area (Å²) in [5.74, 6) is 0.499. The van der Waals surface area contributed by atoms with Gasteiger partial charge in [-0.25, -0.2) is 9.97 Å². The lowest BCUT2D eigenvalue weighted by atomic mass is 10.1. The number of aromatic amines is 1. The summed E-state index contributed by atoms with van der Waals surface area (Å²) in [6.07, 6.45) is 2.45. The Balaban J connectivity index is 1.32. The van der Waals surface area contributed by atoms with Crippen molar-refractivity contribution in [3.05, 3.63) is 75.7 Å². The highest BCUT2D eigenvalue weighted by atomic mass is 32.1. The minimum atomic E-state index is -0.151. The fraction of sp³-hybridized carbons (Fsp3) is 0.217. The first-order valence-corrected chi connectivity index (χ1v) is 10.8. The first-order valence-electron chi connectivity index (χ1n) is 9.95. The number of fused-ring (bicyclic) bond motifs is 1. The van der Waals surface area contributed by atoms with E-state index in [1.54, 1.807) is 6.07 Å². The van der Waals surface area contributed by atoms with E-state index >= 15 is 0 Å². The number of para-hydroxylation sites is 1. The summed E-state index contributed by atoms with van der Waals surface area (Å²) in [4.78, 5) is 36.2. The molecule has 0 spiro atoms. The molecule has 4 rings (SSSR count). The predicted octanol–water partition coefficient (Wildman–Crippen LogP) is 4.57. The summed E-state index contributed by atoms with van der Waals surface area (Å²) in [7, 11) is 0. The summed E-state index contributed by atoms with van der Waals surface area (Å²) in [5, 5.41) is 5.96. The molecule has 4 aromatic rings. The van der Waals surface area contributed by atoms with Crippen molar-refractivity contribution in [2.75, 3.05) is 5.32 Å². The molecule has 30 heavy (non-hydrogen) atoms. The van der Waals surface area contributed by atoms with Gasteiger partial charge in [0.05, 0.1) is 16.6 Å². The van der Waals surface area contributed by atoms with E-state index in [1.165, 1.54) is 16.9 Å². The van der Waals surface area contributed by atoms with Crippen molar-refractivity contribution < 1.29 is 4.79 Å². The van der Waals surface area contributed by atoms with Crippen molar-refractivity contribution in [1.82, 2.24) is 15.0 Å². The highest BCUT2D eigenvalue weighted by Gasteiger charge is 2.09. The second-order valence-corrected chi connectivity index (χ2v) is 7.88. The van der Waals surface area contributed by atoms with Gasteiger partial charge < -0.3 is 10.3 Å². The molecule has 0 aliphatic carbocycles. The van der Waals surface area contributed by atoms with Crippen LogP contribution in [0.5, 0.6) is 0 Å². The molecule has 0 aliphatic rings. The lowest BCUT2D eigenvalue weighted by Gasteiger charge is -2.04. The van der Waals surface area contributed by atoms with Crippen molar-refractivity contribution >= 4 is 33.3 Å². The standard InChI is InChI=1S/C23H22N4O2S/c1-2-15-10-12-16(13-11-15)19-14-30-23(25-19)27-21(28)9-5-8-20-24-18-7-4-3-6-17(18)22(29)26-20/h3-4,6-7,10-14H,2,5,8-9H2,1H3,(H,24,26,29)(H,25,27,28). The average Bonchev–Trinajstić information content (AvgIpc) is 3.22. The summed E-state index contributed by atoms with van der Waals surface area (Å²) in [6.45, 7) is 2.12. The van der Waals surface area contributed by atoms with Gasteiger partial charge >= 0.3 is 0 Å². The largest absolute Gasteiger partial charge is 0.310 e. The summed E-state index contributed by atoms with van der Waals surface area (Å²) >= 11 is 1.41. The molecule has 0 bridgehead atoms. The molecular weight excluding hydrogens is 396 g/mol. The topological polar surface area (TPSA) is 87.7 Å². The van der Waals surface area contributed by atoms with Gasteiger partial charge in [0.15, 0.2) is 5.13 Å². The van der Waals surface area contributed by atoms with Crippen LogP contribution in [0.2, 0.25) is 0 Å². The monoisotopic (exact) mass is 418 g/mol. The Hall–Kier alpha value is -3.32. The van der Waals surface area contributed by atoms with Gasteiger partial charge in [-0.3, -0.25) is 9.59 Å². The Bertz CT molecular complexity index is 1230. The van der Waals surface area contributed by atoms with Crippen LogP contribution in [0.15, 0.2) is 58.7 Å². The van der Waals surface area contributed by atoms with Gasteiger partial charge in [0, 0.05) is 23.8 Å². The van der Waals surface area contributed by atoms with Crippen molar-refractivity contribution in [1.29, 1.82) is 0 Å². The maximum absolute atomic E-state index is 12.3. The molecule has 2 aromatic heterocycles. The van der Waals surface area contributed by atoms with E-state index < -0.39 is 0 Å². The number of benzene rings is 2. The Kier molecular flexibility index (Phi) is 5.99. The average molecular weight is 419 g/mol. The zero-order chi connectivity index (χ0) is 20.9. The van der Waals surface area contributed by atoms with Crippen molar-refractivity contribution in [2.45, 2.75) is 32.6 Å². The third-order valence-corrected chi connectivity index (χ3v) is 5.65. The first kappa shape index (κ1) is 20.0. The number of carbonyl (C=O) groups is 1. The number of nitrogens with one attached hydrogen (secondary N) is 2. The molecule has 0 fully saturated rings. The molecule has 6 nitrogen and oxygen atoms in total. The van der Waals surface area contributed by atoms with Crippen LogP contribution in [0.25, 0.3) is 22.2 Å². The third kappa shape index (κ3) is 4.63. The van der Waals surface area contributed by atoms with E-state index in [1.807, 2.05) is 23.6 Å². The zero-order valence-corrected chi connectivity index (χ0v) is 17.5. The Morgan fingerprint density at radius 3 is 2.70 bits per heavy atom. The number of aryl methyl sites for hydroxylation is 2. The van der Waals surface area contributed by atoms with Crippen LogP contribution >= 0.6 is 11.3 Å². The SMILES string of the molecule is CCc1ccc(-c2csc(NC(=O)CCCc3nc4ccccc4c(=O)[nH]3)n2)cc1. The maximum Gasteiger partial charge on any atom is 0.258 e. The summed E-state index contributed by atoms with van der Waals surface area (Å²) in [6, 6.07) is 15.5. The van der Waals surface area contributed by atoms with Gasteiger partial charge in [-0.15, -0.1) is 11.3 Å². The lowest BCUT2D eigenvalue weighted by molar-refractivity contribution is -0.116. The first-order chi connectivity index (χ1) is 14.6. The number of hydrogen-bond acceptors (Lipinski definition) is 5. The highest BCUT2D eigenvalue weighted by Crippen LogP contribution is 2.25. The fourth-order valence-electron chi connectivity index (χ4n) is 3.23. The van der Waals surface area contributed by atoms with Crippen LogP contribution in [-0.2, 0) is 17.6 Å². The van der Waals surface area contributed by atoms with Crippen LogP contribution < -0.4 is 10.9 Å². The summed E-state index contributed by atoms with van der Waals surface area (Å²) < 4.78 is 0. The van der Waals surface area contributed by atoms with Crippen LogP contribution in [0.1, 0.15) is 31.2 Å². The van der Waals surface area contributed by atoms with Crippen molar-refractivity contribution in [3.8, 4) is 11.3 Å². The predicted molar refractivity (Wildman–Crippen MR) is 121 cm³/mol. The number of carbonyl (C=O) groups excluding carboxylic acids is 1. The second kappa shape index (κ2) is 9.00. The molecule has 7 heteroatoms. The van der Waals surface area contributed by atoms with Crippen LogP contribution in [0.3, 0.4) is 0 Å². The van der Waals surface area contributed by atoms with Gasteiger partial charge in [0.1, 0.15) is 5.82 Å². The molecular formula is C23H22N4O2S. The van der Waals surface area contributed by atoms with E-state index in [0.717, 1.165) is 17.7 Å². The number of hydrogen-bond donors (Lipinski definition) is 2. The molecule has 2 heterocycles. The van der Waals surface area contributed by atoms with E-state index in [9.17, 15) is 9.59 Å². The number of anilines is 1. The molecule has 2 aromatic carbocycles. The number of thiazole rings is 1. The number of H-pyrrole nitrogens is 1. The Labute approximate surface area is 178 Å². The number of amides is 1. The number of rotatable bonds is 7. The minimum Gasteiger partial charge on any atom is -0.310 e. The lowest BCUT2D eigenvalue weighted by Crippen LogP contribution is -2.14. The third-order valence-electron chi connectivity index (χ3n) is 4.89. The van der Waals surface area contributed by atoms with Crippen molar-refractivity contribution in [2.24, 2.45) is 0 Å². The van der Waals surface area contributed by atoms with Crippen molar-refractivity contribution in [3.63, 3.8) is 0 Å². The molecule has 0 saturated heterocycles. The molecule has 0 unspecified atom stereocenters. The normalized spacial score (nSPS) is 11.0. The van der Waals surface area contributed by atoms with Gasteiger partial charge in [0.25, 0.3) is 5.56 Å². The Morgan fingerprint density at radius 2 is 1.90 bits per heavy atom. The molecule has 152 valence electrons. The number of aromatic nitrogens is 3. The molecule has 1 amide bonds. The maximum atomic E-state index is 12.3. The number of nitrogens with zero attached hydrogens (tertiary/aromatic N) is 2. The van der Waals surface area contributed by atoms with E-state index in [-0.39, 0.29) is 11.5 Å². The van der Waals surface area contributed by atoms with Gasteiger partial charge in [0.2, 0.25) is 5.91 Å². The second-order valence-electron chi connectivity index (χ2n) is 7.02. The van der Waals surface area contributed by atoms with Gasteiger partial charge in [-0.2, -0.15) is 0 Å². The molecule has 0 saturated carbocycles. The minimum absolute atomic E-state index is 0.0969.